The van der Waals surface area contributed by atoms with E-state index in [4.69, 9.17) is 19.7 Å². The molecule has 0 aliphatic rings. The van der Waals surface area contributed by atoms with Gasteiger partial charge in [0.05, 0.1) is 25.9 Å². The van der Waals surface area contributed by atoms with E-state index in [1.807, 2.05) is 0 Å². The Hall–Kier alpha value is -1.79. The van der Waals surface area contributed by atoms with Crippen molar-refractivity contribution in [1.29, 1.82) is 0 Å². The Balaban J connectivity index is 2.60. The number of nitrogens with one attached hydrogen (secondary N) is 1. The molecule has 0 spiro atoms. The number of amides is 1. The van der Waals surface area contributed by atoms with Crippen LogP contribution in [0.1, 0.15) is 13.8 Å². The maximum absolute atomic E-state index is 11.9. The van der Waals surface area contributed by atoms with Crippen molar-refractivity contribution in [2.24, 2.45) is 0 Å². The van der Waals surface area contributed by atoms with Crippen LogP contribution in [0.25, 0.3) is 0 Å². The average Bonchev–Trinajstić information content (AvgIpc) is 2.47. The van der Waals surface area contributed by atoms with Gasteiger partial charge in [-0.2, -0.15) is 0 Å². The number of rotatable bonds is 7. The molecule has 6 nitrogen and oxygen atoms in total. The number of carbonyl (C=O) groups excluding carboxylic acids is 1. The molecule has 0 radical (unpaired) electrons. The summed E-state index contributed by atoms with van der Waals surface area (Å²) in [6, 6.07) is 6.84. The summed E-state index contributed by atoms with van der Waals surface area (Å²) in [5.74, 6) is 0.817. The predicted octanol–water partition coefficient (Wildman–Crippen LogP) is 0.322. The summed E-state index contributed by atoms with van der Waals surface area (Å²) in [6.45, 7) is 2.43. The van der Waals surface area contributed by atoms with Gasteiger partial charge in [0, 0.05) is 0 Å². The quantitative estimate of drug-likeness (QED) is 0.671. The molecule has 6 heteroatoms. The van der Waals surface area contributed by atoms with Crippen LogP contribution in [0.2, 0.25) is 0 Å². The fourth-order valence-electron chi connectivity index (χ4n) is 1.44. The second kappa shape index (κ2) is 7.12. The Bertz CT molecular complexity index is 428. The largest absolute Gasteiger partial charge is 0.497 e. The lowest BCUT2D eigenvalue weighted by Crippen LogP contribution is -2.54. The molecule has 0 aliphatic heterocycles. The molecular weight excluding hydrogens is 262 g/mol. The molecule has 20 heavy (non-hydrogen) atoms. The minimum absolute atomic E-state index is 0.357. The lowest BCUT2D eigenvalue weighted by atomic mass is 10.1. The summed E-state index contributed by atoms with van der Waals surface area (Å²) in [5, 5.41) is 20.8. The zero-order chi connectivity index (χ0) is 15.2. The van der Waals surface area contributed by atoms with Crippen LogP contribution < -0.4 is 14.8 Å². The smallest absolute Gasteiger partial charge is 0.261 e. The molecule has 0 saturated carbocycles. The van der Waals surface area contributed by atoms with Crippen LogP contribution >= 0.6 is 0 Å². The Labute approximate surface area is 118 Å². The molecule has 1 atom stereocenters. The second-order valence-corrected chi connectivity index (χ2v) is 4.80. The van der Waals surface area contributed by atoms with Gasteiger partial charge in [0.15, 0.2) is 6.10 Å². The van der Waals surface area contributed by atoms with E-state index in [1.54, 1.807) is 45.2 Å². The van der Waals surface area contributed by atoms with E-state index in [-0.39, 0.29) is 13.2 Å². The SMILES string of the molecule is COc1ccc(OC(C)C(=O)NC(C)(CO)CO)cc1. The summed E-state index contributed by atoms with van der Waals surface area (Å²) < 4.78 is 10.5. The van der Waals surface area contributed by atoms with Gasteiger partial charge in [0.1, 0.15) is 11.5 Å². The molecule has 0 bridgehead atoms. The highest BCUT2D eigenvalue weighted by molar-refractivity contribution is 5.81. The molecule has 1 unspecified atom stereocenters. The standard InChI is InChI=1S/C14H21NO5/c1-10(13(18)15-14(2,8-16)9-17)20-12-6-4-11(19-3)5-7-12/h4-7,10,16-17H,8-9H2,1-3H3,(H,15,18). The van der Waals surface area contributed by atoms with Gasteiger partial charge >= 0.3 is 0 Å². The molecule has 3 N–H and O–H groups in total. The third kappa shape index (κ3) is 4.40. The maximum Gasteiger partial charge on any atom is 0.261 e. The van der Waals surface area contributed by atoms with Gasteiger partial charge in [0.2, 0.25) is 0 Å². The van der Waals surface area contributed by atoms with Crippen LogP contribution in [-0.2, 0) is 4.79 Å². The van der Waals surface area contributed by atoms with Crippen LogP contribution in [0.4, 0.5) is 0 Å². The summed E-state index contributed by atoms with van der Waals surface area (Å²) in [7, 11) is 1.57. The lowest BCUT2D eigenvalue weighted by molar-refractivity contribution is -0.130. The number of ether oxygens (including phenoxy) is 2. The third-order valence-electron chi connectivity index (χ3n) is 2.86. The number of aliphatic hydroxyl groups excluding tert-OH is 2. The maximum atomic E-state index is 11.9. The molecule has 0 fully saturated rings. The van der Waals surface area contributed by atoms with E-state index >= 15 is 0 Å². The highest BCUT2D eigenvalue weighted by atomic mass is 16.5. The van der Waals surface area contributed by atoms with E-state index < -0.39 is 17.6 Å². The van der Waals surface area contributed by atoms with Gasteiger partial charge in [-0.05, 0) is 38.1 Å². The molecule has 0 saturated heterocycles. The molecule has 0 aromatic heterocycles. The Kier molecular flexibility index (Phi) is 5.79. The first-order chi connectivity index (χ1) is 9.44. The molecule has 1 aromatic rings. The first-order valence-electron chi connectivity index (χ1n) is 6.28. The minimum atomic E-state index is -1.06. The average molecular weight is 283 g/mol. The van der Waals surface area contributed by atoms with Crippen molar-refractivity contribution in [1.82, 2.24) is 5.32 Å². The Morgan fingerprint density at radius 3 is 2.20 bits per heavy atom. The van der Waals surface area contributed by atoms with Gasteiger partial charge < -0.3 is 25.0 Å². The predicted molar refractivity (Wildman–Crippen MR) is 73.8 cm³/mol. The zero-order valence-corrected chi connectivity index (χ0v) is 11.9. The first kappa shape index (κ1) is 16.3. The Morgan fingerprint density at radius 2 is 1.75 bits per heavy atom. The van der Waals surface area contributed by atoms with Crippen molar-refractivity contribution in [3.8, 4) is 11.5 Å². The van der Waals surface area contributed by atoms with Crippen molar-refractivity contribution < 1.29 is 24.5 Å². The lowest BCUT2D eigenvalue weighted by Gasteiger charge is -2.27. The van der Waals surface area contributed by atoms with Crippen molar-refractivity contribution >= 4 is 5.91 Å². The van der Waals surface area contributed by atoms with Gasteiger partial charge in [-0.15, -0.1) is 0 Å². The van der Waals surface area contributed by atoms with E-state index in [2.05, 4.69) is 5.32 Å². The third-order valence-corrected chi connectivity index (χ3v) is 2.86. The summed E-state index contributed by atoms with van der Waals surface area (Å²) >= 11 is 0. The molecule has 1 amide bonds. The molecule has 112 valence electrons. The van der Waals surface area contributed by atoms with Crippen molar-refractivity contribution in [3.05, 3.63) is 24.3 Å². The number of benzene rings is 1. The summed E-state index contributed by atoms with van der Waals surface area (Å²) in [4.78, 5) is 11.9. The molecule has 1 aromatic carbocycles. The monoisotopic (exact) mass is 283 g/mol. The highest BCUT2D eigenvalue weighted by Crippen LogP contribution is 2.18. The molecule has 0 aliphatic carbocycles. The fourth-order valence-corrected chi connectivity index (χ4v) is 1.44. The Morgan fingerprint density at radius 1 is 1.25 bits per heavy atom. The number of methoxy groups -OCH3 is 1. The van der Waals surface area contributed by atoms with Crippen LogP contribution in [0.15, 0.2) is 24.3 Å². The normalized spacial score (nSPS) is 12.7. The van der Waals surface area contributed by atoms with Crippen LogP contribution in [0.3, 0.4) is 0 Å². The van der Waals surface area contributed by atoms with Crippen LogP contribution in [-0.4, -0.2) is 48.1 Å². The zero-order valence-electron chi connectivity index (χ0n) is 11.9. The molecule has 1 rings (SSSR count). The second-order valence-electron chi connectivity index (χ2n) is 4.80. The number of aliphatic hydroxyl groups is 2. The fraction of sp³-hybridized carbons (Fsp3) is 0.500. The van der Waals surface area contributed by atoms with Crippen molar-refractivity contribution in [2.45, 2.75) is 25.5 Å². The molecule has 0 heterocycles. The van der Waals surface area contributed by atoms with E-state index in [1.165, 1.54) is 0 Å². The number of hydrogen-bond donors (Lipinski definition) is 3. The van der Waals surface area contributed by atoms with Gasteiger partial charge in [-0.1, -0.05) is 0 Å². The van der Waals surface area contributed by atoms with Gasteiger partial charge in [0.25, 0.3) is 5.91 Å². The van der Waals surface area contributed by atoms with Gasteiger partial charge in [-0.3, -0.25) is 4.79 Å². The van der Waals surface area contributed by atoms with Crippen molar-refractivity contribution in [2.75, 3.05) is 20.3 Å². The molecular formula is C14H21NO5. The van der Waals surface area contributed by atoms with E-state index in [0.717, 1.165) is 0 Å². The topological polar surface area (TPSA) is 88.0 Å². The summed E-state index contributed by atoms with van der Waals surface area (Å²) in [6.07, 6.45) is -0.749. The van der Waals surface area contributed by atoms with E-state index in [0.29, 0.717) is 11.5 Å². The highest BCUT2D eigenvalue weighted by Gasteiger charge is 2.27. The number of carbonyl (C=O) groups is 1. The van der Waals surface area contributed by atoms with Crippen molar-refractivity contribution in [3.63, 3.8) is 0 Å². The summed E-state index contributed by atoms with van der Waals surface area (Å²) in [5.41, 5.74) is -1.06. The number of hydrogen-bond acceptors (Lipinski definition) is 5. The van der Waals surface area contributed by atoms with Gasteiger partial charge in [-0.25, -0.2) is 0 Å². The van der Waals surface area contributed by atoms with Crippen LogP contribution in [0.5, 0.6) is 11.5 Å². The minimum Gasteiger partial charge on any atom is -0.497 e. The first-order valence-corrected chi connectivity index (χ1v) is 6.28. The van der Waals surface area contributed by atoms with E-state index in [9.17, 15) is 4.79 Å². The van der Waals surface area contributed by atoms with Crippen LogP contribution in [0, 0.1) is 0 Å².